The SMILES string of the molecule is O=S(=O)(O)c1ccc(-c2ccc(-c3ccc(S)cc3)cc2)cc1. The van der Waals surface area contributed by atoms with Gasteiger partial charge in [0.25, 0.3) is 10.1 Å². The second-order valence-electron chi connectivity index (χ2n) is 5.12. The van der Waals surface area contributed by atoms with Crippen LogP contribution in [0.2, 0.25) is 0 Å². The molecule has 0 bridgehead atoms. The van der Waals surface area contributed by atoms with Crippen molar-refractivity contribution in [3.8, 4) is 22.3 Å². The second kappa shape index (κ2) is 6.20. The van der Waals surface area contributed by atoms with Crippen LogP contribution in [-0.4, -0.2) is 13.0 Å². The average molecular weight is 342 g/mol. The monoisotopic (exact) mass is 342 g/mol. The summed E-state index contributed by atoms with van der Waals surface area (Å²) < 4.78 is 31.1. The molecule has 0 unspecified atom stereocenters. The zero-order valence-corrected chi connectivity index (χ0v) is 13.8. The molecule has 1 N–H and O–H groups in total. The van der Waals surface area contributed by atoms with E-state index in [0.29, 0.717) is 0 Å². The van der Waals surface area contributed by atoms with Crippen LogP contribution < -0.4 is 0 Å². The third-order valence-electron chi connectivity index (χ3n) is 3.57. The van der Waals surface area contributed by atoms with E-state index in [1.807, 2.05) is 48.5 Å². The Morgan fingerprint density at radius 3 is 1.26 bits per heavy atom. The largest absolute Gasteiger partial charge is 0.294 e. The van der Waals surface area contributed by atoms with Gasteiger partial charge < -0.3 is 0 Å². The summed E-state index contributed by atoms with van der Waals surface area (Å²) in [4.78, 5) is 0.814. The molecule has 5 heteroatoms. The molecule has 0 saturated heterocycles. The van der Waals surface area contributed by atoms with Crippen molar-refractivity contribution >= 4 is 22.7 Å². The molecular formula is C18H14O3S2. The number of hydrogen-bond acceptors (Lipinski definition) is 3. The van der Waals surface area contributed by atoms with E-state index in [-0.39, 0.29) is 4.90 Å². The van der Waals surface area contributed by atoms with E-state index in [0.717, 1.165) is 27.1 Å². The van der Waals surface area contributed by atoms with Crippen molar-refractivity contribution in [3.63, 3.8) is 0 Å². The van der Waals surface area contributed by atoms with Crippen LogP contribution in [0.1, 0.15) is 0 Å². The fraction of sp³-hybridized carbons (Fsp3) is 0. The Kier molecular flexibility index (Phi) is 4.26. The molecule has 0 aromatic heterocycles. The Morgan fingerprint density at radius 2 is 0.913 bits per heavy atom. The molecule has 0 aliphatic heterocycles. The minimum atomic E-state index is -4.15. The highest BCUT2D eigenvalue weighted by Crippen LogP contribution is 2.26. The van der Waals surface area contributed by atoms with E-state index in [9.17, 15) is 8.42 Å². The fourth-order valence-corrected chi connectivity index (χ4v) is 2.96. The van der Waals surface area contributed by atoms with Crippen molar-refractivity contribution in [2.75, 3.05) is 0 Å². The molecule has 0 radical (unpaired) electrons. The topological polar surface area (TPSA) is 54.4 Å². The molecule has 0 atom stereocenters. The second-order valence-corrected chi connectivity index (χ2v) is 7.06. The lowest BCUT2D eigenvalue weighted by molar-refractivity contribution is 0.483. The van der Waals surface area contributed by atoms with E-state index < -0.39 is 10.1 Å². The van der Waals surface area contributed by atoms with Gasteiger partial charge in [0.1, 0.15) is 0 Å². The van der Waals surface area contributed by atoms with Gasteiger partial charge in [-0.15, -0.1) is 12.6 Å². The van der Waals surface area contributed by atoms with Gasteiger partial charge in [0.2, 0.25) is 0 Å². The van der Waals surface area contributed by atoms with Gasteiger partial charge >= 0.3 is 0 Å². The highest BCUT2D eigenvalue weighted by molar-refractivity contribution is 7.85. The number of benzene rings is 3. The summed E-state index contributed by atoms with van der Waals surface area (Å²) in [5.74, 6) is 0. The molecule has 116 valence electrons. The Morgan fingerprint density at radius 1 is 0.609 bits per heavy atom. The Bertz CT molecular complexity index is 912. The van der Waals surface area contributed by atoms with Gasteiger partial charge in [0.15, 0.2) is 0 Å². The van der Waals surface area contributed by atoms with Crippen molar-refractivity contribution in [2.45, 2.75) is 9.79 Å². The molecule has 3 nitrogen and oxygen atoms in total. The molecule has 3 rings (SSSR count). The summed E-state index contributed by atoms with van der Waals surface area (Å²) in [6, 6.07) is 22.0. The van der Waals surface area contributed by atoms with Crippen LogP contribution in [0.4, 0.5) is 0 Å². The summed E-state index contributed by atoms with van der Waals surface area (Å²) in [6.45, 7) is 0. The maximum Gasteiger partial charge on any atom is 0.294 e. The van der Waals surface area contributed by atoms with Crippen LogP contribution in [0.15, 0.2) is 82.6 Å². The van der Waals surface area contributed by atoms with Crippen LogP contribution >= 0.6 is 12.6 Å². The summed E-state index contributed by atoms with van der Waals surface area (Å²) >= 11 is 4.28. The molecular weight excluding hydrogens is 328 g/mol. The number of rotatable bonds is 3. The van der Waals surface area contributed by atoms with E-state index in [1.165, 1.54) is 12.1 Å². The lowest BCUT2D eigenvalue weighted by atomic mass is 10.0. The molecule has 23 heavy (non-hydrogen) atoms. The quantitative estimate of drug-likeness (QED) is 0.542. The first kappa shape index (κ1) is 15.8. The van der Waals surface area contributed by atoms with E-state index >= 15 is 0 Å². The molecule has 0 saturated carbocycles. The van der Waals surface area contributed by atoms with Crippen molar-refractivity contribution in [3.05, 3.63) is 72.8 Å². The molecule has 0 amide bonds. The van der Waals surface area contributed by atoms with Crippen LogP contribution in [0.3, 0.4) is 0 Å². The number of hydrogen-bond donors (Lipinski definition) is 2. The van der Waals surface area contributed by atoms with Gasteiger partial charge in [-0.1, -0.05) is 48.5 Å². The Labute approximate surface area is 140 Å². The molecule has 0 fully saturated rings. The molecule has 0 aliphatic carbocycles. The highest BCUT2D eigenvalue weighted by atomic mass is 32.2. The summed E-state index contributed by atoms with van der Waals surface area (Å²) in [5, 5.41) is 0. The molecule has 0 spiro atoms. The van der Waals surface area contributed by atoms with Crippen LogP contribution in [-0.2, 0) is 10.1 Å². The zero-order valence-electron chi connectivity index (χ0n) is 12.0. The van der Waals surface area contributed by atoms with Gasteiger partial charge in [-0.3, -0.25) is 4.55 Å². The summed E-state index contributed by atoms with van der Waals surface area (Å²) in [7, 11) is -4.15. The molecule has 3 aromatic carbocycles. The van der Waals surface area contributed by atoms with E-state index in [2.05, 4.69) is 12.6 Å². The van der Waals surface area contributed by atoms with Gasteiger partial charge in [-0.2, -0.15) is 8.42 Å². The molecule has 3 aromatic rings. The standard InChI is InChI=1S/C18H14O3S2/c19-23(20,21)18-11-7-16(8-12-18)14-3-1-13(2-4-14)15-5-9-17(22)10-6-15/h1-12,22H,(H,19,20,21). The average Bonchev–Trinajstić information content (AvgIpc) is 2.55. The Hall–Kier alpha value is -2.08. The highest BCUT2D eigenvalue weighted by Gasteiger charge is 2.09. The normalized spacial score (nSPS) is 11.4. The van der Waals surface area contributed by atoms with Gasteiger partial charge in [0.05, 0.1) is 4.90 Å². The van der Waals surface area contributed by atoms with Crippen molar-refractivity contribution < 1.29 is 13.0 Å². The minimum absolute atomic E-state index is 0.107. The summed E-state index contributed by atoms with van der Waals surface area (Å²) in [5.41, 5.74) is 4.06. The van der Waals surface area contributed by atoms with Gasteiger partial charge in [0, 0.05) is 4.90 Å². The third-order valence-corrected chi connectivity index (χ3v) is 4.74. The van der Waals surface area contributed by atoms with Crippen molar-refractivity contribution in [1.82, 2.24) is 0 Å². The lowest BCUT2D eigenvalue weighted by Gasteiger charge is -2.06. The smallest absolute Gasteiger partial charge is 0.282 e. The first-order valence-electron chi connectivity index (χ1n) is 6.91. The maximum atomic E-state index is 11.1. The minimum Gasteiger partial charge on any atom is -0.282 e. The lowest BCUT2D eigenvalue weighted by Crippen LogP contribution is -1.97. The first-order valence-corrected chi connectivity index (χ1v) is 8.80. The predicted molar refractivity (Wildman–Crippen MR) is 94.4 cm³/mol. The third kappa shape index (κ3) is 3.64. The van der Waals surface area contributed by atoms with Crippen LogP contribution in [0, 0.1) is 0 Å². The van der Waals surface area contributed by atoms with E-state index in [1.54, 1.807) is 12.1 Å². The summed E-state index contributed by atoms with van der Waals surface area (Å²) in [6.07, 6.45) is 0. The van der Waals surface area contributed by atoms with Crippen LogP contribution in [0.5, 0.6) is 0 Å². The van der Waals surface area contributed by atoms with Gasteiger partial charge in [-0.25, -0.2) is 0 Å². The van der Waals surface area contributed by atoms with E-state index in [4.69, 9.17) is 4.55 Å². The zero-order chi connectivity index (χ0) is 16.4. The van der Waals surface area contributed by atoms with Crippen LogP contribution in [0.25, 0.3) is 22.3 Å². The van der Waals surface area contributed by atoms with Crippen molar-refractivity contribution in [2.24, 2.45) is 0 Å². The maximum absolute atomic E-state index is 11.1. The molecule has 0 heterocycles. The van der Waals surface area contributed by atoms with Gasteiger partial charge in [-0.05, 0) is 46.5 Å². The Balaban J connectivity index is 1.89. The molecule has 0 aliphatic rings. The number of thiol groups is 1. The van der Waals surface area contributed by atoms with Crippen molar-refractivity contribution in [1.29, 1.82) is 0 Å². The fourth-order valence-electron chi connectivity index (χ4n) is 2.33. The first-order chi connectivity index (χ1) is 10.9. The predicted octanol–water partition coefficient (Wildman–Crippen LogP) is 4.56.